The smallest absolute Gasteiger partial charge is 0.417 e. The summed E-state index contributed by atoms with van der Waals surface area (Å²) in [4.78, 5) is 36.8. The quantitative estimate of drug-likeness (QED) is 0.0323. The number of benzene rings is 3. The zero-order valence-corrected chi connectivity index (χ0v) is 40.9. The lowest BCUT2D eigenvalue weighted by Crippen LogP contribution is -2.70. The highest BCUT2D eigenvalue weighted by molar-refractivity contribution is 6.03. The van der Waals surface area contributed by atoms with Crippen molar-refractivity contribution < 1.29 is 58.2 Å². The molecule has 3 aromatic carbocycles. The second kappa shape index (κ2) is 26.1. The van der Waals surface area contributed by atoms with E-state index in [4.69, 9.17) is 38.4 Å². The third-order valence-electron chi connectivity index (χ3n) is 14.4. The molecule has 4 N–H and O–H groups in total. The predicted octanol–water partition coefficient (Wildman–Crippen LogP) is 8.96. The number of amides is 2. The van der Waals surface area contributed by atoms with Gasteiger partial charge in [-0.1, -0.05) is 86.2 Å². The zero-order chi connectivity index (χ0) is 49.3. The Morgan fingerprint density at radius 3 is 2.40 bits per heavy atom. The maximum Gasteiger partial charge on any atom is 0.417 e. The van der Waals surface area contributed by atoms with E-state index >= 15 is 4.79 Å². The Morgan fingerprint density at radius 1 is 0.900 bits per heavy atom. The first kappa shape index (κ1) is 52.4. The average molecular weight is 968 g/mol. The van der Waals surface area contributed by atoms with Crippen LogP contribution in [0.1, 0.15) is 101 Å². The van der Waals surface area contributed by atoms with Crippen molar-refractivity contribution in [3.05, 3.63) is 102 Å². The number of rotatable bonds is 27. The molecule has 15 heteroatoms. The number of carbonyl (C=O) groups excluding carboxylic acids is 2. The largest absolute Gasteiger partial charge is 0.497 e. The summed E-state index contributed by atoms with van der Waals surface area (Å²) in [6.07, 6.45) is 13.4. The molecule has 6 atom stereocenters. The van der Waals surface area contributed by atoms with E-state index in [9.17, 15) is 20.1 Å². The number of carbonyl (C=O) groups is 2. The van der Waals surface area contributed by atoms with E-state index in [2.05, 4.69) is 18.0 Å². The number of oxime groups is 1. The fourth-order valence-electron chi connectivity index (χ4n) is 11.2. The number of methoxy groups -OCH3 is 2. The molecular weight excluding hydrogens is 895 g/mol. The standard InChI is InChI=1S/C55H73N3O12/c1-4-30-67-55-50(58(26-31-66-32-29-61)51(62)25-20-38-14-8-9-15-38)36-47(57-68-37-39-16-6-5-7-17-39)44-33-40(18-10-12-27-59)43(19-11-13-28-60)52(53(44)55)45-34-42(22-24-48(45)70-55)69-54(63)56-46-23-21-41(64-2)35-49(46)65-3/h4-7,16-17,21-24,33-35,38,40,43,50,52-53,59-61H,1,8-15,18-20,25-32,36-37H2,2-3H3,(H,56,63). The molecular formula is C55H73N3O12. The van der Waals surface area contributed by atoms with Crippen molar-refractivity contribution in [2.45, 2.75) is 108 Å². The molecule has 1 heterocycles. The second-order valence-electron chi connectivity index (χ2n) is 18.7. The van der Waals surface area contributed by atoms with Crippen LogP contribution in [0.5, 0.6) is 23.0 Å². The molecule has 3 aliphatic carbocycles. The Hall–Kier alpha value is -5.45. The molecule has 0 aromatic heterocycles. The Bertz CT molecular complexity index is 2230. The minimum Gasteiger partial charge on any atom is -0.497 e. The Morgan fingerprint density at radius 2 is 1.67 bits per heavy atom. The number of unbranched alkanes of at least 4 members (excludes halogenated alkanes) is 2. The summed E-state index contributed by atoms with van der Waals surface area (Å²) in [5, 5.41) is 37.5. The molecule has 6 unspecified atom stereocenters. The van der Waals surface area contributed by atoms with Gasteiger partial charge in [0.05, 0.1) is 58.0 Å². The fraction of sp³-hybridized carbons (Fsp3) is 0.545. The van der Waals surface area contributed by atoms with Gasteiger partial charge in [0, 0.05) is 50.1 Å². The first-order valence-electron chi connectivity index (χ1n) is 25.2. The number of allylic oxidation sites excluding steroid dienone is 1. The third-order valence-corrected chi connectivity index (χ3v) is 14.4. The summed E-state index contributed by atoms with van der Waals surface area (Å²) in [5.41, 5.74) is 3.71. The predicted molar refractivity (Wildman–Crippen MR) is 266 cm³/mol. The number of anilines is 1. The van der Waals surface area contributed by atoms with Gasteiger partial charge in [-0.25, -0.2) is 4.79 Å². The van der Waals surface area contributed by atoms with Gasteiger partial charge in [-0.3, -0.25) is 10.1 Å². The first-order chi connectivity index (χ1) is 34.3. The number of ether oxygens (including phenoxy) is 6. The van der Waals surface area contributed by atoms with Crippen molar-refractivity contribution in [2.24, 2.45) is 28.8 Å². The van der Waals surface area contributed by atoms with Crippen molar-refractivity contribution in [1.29, 1.82) is 0 Å². The van der Waals surface area contributed by atoms with Crippen LogP contribution in [-0.2, 0) is 25.7 Å². The SMILES string of the molecule is C=CCOC12Oc3ccc(OC(=O)Nc4ccc(OC)cc4OC)cc3C3C(CCCCO)C(CCCCO)C=C(C(=NOCc4ccccc4)CC1N(CCOCCO)C(=O)CCC1CCCC1)C32. The molecule has 0 bridgehead atoms. The highest BCUT2D eigenvalue weighted by Gasteiger charge is 2.65. The Labute approximate surface area is 412 Å². The molecule has 2 saturated carbocycles. The highest BCUT2D eigenvalue weighted by atomic mass is 16.7. The molecule has 4 aliphatic rings. The van der Waals surface area contributed by atoms with Crippen LogP contribution >= 0.6 is 0 Å². The summed E-state index contributed by atoms with van der Waals surface area (Å²) in [6.45, 7) is 4.86. The van der Waals surface area contributed by atoms with Gasteiger partial charge in [0.2, 0.25) is 11.7 Å². The van der Waals surface area contributed by atoms with Gasteiger partial charge in [-0.15, -0.1) is 6.58 Å². The molecule has 0 radical (unpaired) electrons. The molecule has 0 spiro atoms. The number of nitrogens with one attached hydrogen (secondary N) is 1. The minimum absolute atomic E-state index is 0.00754. The Balaban J connectivity index is 1.38. The van der Waals surface area contributed by atoms with Crippen LogP contribution in [0.25, 0.3) is 0 Å². The van der Waals surface area contributed by atoms with E-state index in [0.29, 0.717) is 53.8 Å². The van der Waals surface area contributed by atoms with Crippen LogP contribution in [-0.4, -0.2) is 110 Å². The molecule has 2 fully saturated rings. The van der Waals surface area contributed by atoms with E-state index in [-0.39, 0.29) is 88.6 Å². The lowest BCUT2D eigenvalue weighted by Gasteiger charge is -2.60. The summed E-state index contributed by atoms with van der Waals surface area (Å²) in [7, 11) is 3.06. The van der Waals surface area contributed by atoms with Gasteiger partial charge < -0.3 is 53.5 Å². The van der Waals surface area contributed by atoms with Gasteiger partial charge >= 0.3 is 6.09 Å². The summed E-state index contributed by atoms with van der Waals surface area (Å²) >= 11 is 0. The molecule has 380 valence electrons. The number of nitrogens with zero attached hydrogens (tertiary/aromatic N) is 2. The maximum atomic E-state index is 15.0. The molecule has 2 amide bonds. The highest BCUT2D eigenvalue weighted by Crippen LogP contribution is 2.62. The van der Waals surface area contributed by atoms with E-state index in [1.54, 1.807) is 37.5 Å². The van der Waals surface area contributed by atoms with Crippen molar-refractivity contribution in [3.8, 4) is 23.0 Å². The zero-order valence-electron chi connectivity index (χ0n) is 40.9. The number of aliphatic hydroxyl groups excluding tert-OH is 3. The van der Waals surface area contributed by atoms with Gasteiger partial charge in [0.25, 0.3) is 0 Å². The maximum absolute atomic E-state index is 15.0. The number of hydrogen-bond acceptors (Lipinski definition) is 13. The molecule has 3 aromatic rings. The minimum atomic E-state index is -1.48. The van der Waals surface area contributed by atoms with Crippen LogP contribution in [0.2, 0.25) is 0 Å². The van der Waals surface area contributed by atoms with Crippen LogP contribution in [0.4, 0.5) is 10.5 Å². The van der Waals surface area contributed by atoms with E-state index in [1.165, 1.54) is 20.0 Å². The lowest BCUT2D eigenvalue weighted by molar-refractivity contribution is -0.258. The summed E-state index contributed by atoms with van der Waals surface area (Å²) < 4.78 is 37.4. The molecule has 7 rings (SSSR count). The van der Waals surface area contributed by atoms with Crippen LogP contribution < -0.4 is 24.3 Å². The molecule has 1 aliphatic heterocycles. The van der Waals surface area contributed by atoms with E-state index < -0.39 is 23.8 Å². The summed E-state index contributed by atoms with van der Waals surface area (Å²) in [6, 6.07) is 19.5. The van der Waals surface area contributed by atoms with E-state index in [0.717, 1.165) is 61.6 Å². The van der Waals surface area contributed by atoms with Gasteiger partial charge in [-0.05, 0) is 91.3 Å². The first-order valence-corrected chi connectivity index (χ1v) is 25.2. The topological polar surface area (TPSA) is 187 Å². The second-order valence-corrected chi connectivity index (χ2v) is 18.7. The lowest BCUT2D eigenvalue weighted by atomic mass is 9.55. The van der Waals surface area contributed by atoms with Gasteiger partial charge in [-0.2, -0.15) is 0 Å². The molecule has 0 saturated heterocycles. The van der Waals surface area contributed by atoms with Crippen molar-refractivity contribution in [3.63, 3.8) is 0 Å². The van der Waals surface area contributed by atoms with Gasteiger partial charge in [0.15, 0.2) is 0 Å². The molecule has 70 heavy (non-hydrogen) atoms. The number of hydrogen-bond donors (Lipinski definition) is 4. The molecule has 15 nitrogen and oxygen atoms in total. The number of aliphatic hydroxyl groups is 3. The number of fused-ring (bicyclic) bond motifs is 2. The van der Waals surface area contributed by atoms with Crippen LogP contribution in [0.3, 0.4) is 0 Å². The van der Waals surface area contributed by atoms with Crippen molar-refractivity contribution in [1.82, 2.24) is 4.90 Å². The van der Waals surface area contributed by atoms with Gasteiger partial charge in [0.1, 0.15) is 35.6 Å². The van der Waals surface area contributed by atoms with E-state index in [1.807, 2.05) is 47.4 Å². The average Bonchev–Trinajstić information content (AvgIpc) is 3.91. The monoisotopic (exact) mass is 968 g/mol. The normalized spacial score (nSPS) is 23.1. The van der Waals surface area contributed by atoms with Crippen LogP contribution in [0, 0.1) is 23.7 Å². The fourth-order valence-corrected chi connectivity index (χ4v) is 11.2. The Kier molecular flexibility index (Phi) is 19.6. The van der Waals surface area contributed by atoms with Crippen LogP contribution in [0.15, 0.2) is 96.2 Å². The van der Waals surface area contributed by atoms with Crippen molar-refractivity contribution in [2.75, 3.05) is 65.7 Å². The third kappa shape index (κ3) is 12.7. The summed E-state index contributed by atoms with van der Waals surface area (Å²) in [5.74, 6) is -0.247. The van der Waals surface area contributed by atoms with Crippen molar-refractivity contribution >= 4 is 23.4 Å².